The highest BCUT2D eigenvalue weighted by Crippen LogP contribution is 2.56. The average molecular weight is 612 g/mol. The molecule has 44 heavy (non-hydrogen) atoms. The van der Waals surface area contributed by atoms with Gasteiger partial charge in [0.25, 0.3) is 0 Å². The molecule has 1 saturated carbocycles. The monoisotopic (exact) mass is 611 g/mol. The van der Waals surface area contributed by atoms with Gasteiger partial charge in [-0.2, -0.15) is 22.0 Å². The summed E-state index contributed by atoms with van der Waals surface area (Å²) < 4.78 is 79.3. The van der Waals surface area contributed by atoms with E-state index in [0.717, 1.165) is 24.5 Å². The number of carbonyl (C=O) groups is 1. The molecule has 1 N–H and O–H groups in total. The molecule has 7 rings (SSSR count). The Morgan fingerprint density at radius 3 is 2.41 bits per heavy atom. The van der Waals surface area contributed by atoms with Crippen molar-refractivity contribution in [2.45, 2.75) is 50.8 Å². The molecule has 1 aliphatic heterocycles. The highest BCUT2D eigenvalue weighted by atomic mass is 19.4. The van der Waals surface area contributed by atoms with Crippen LogP contribution in [0, 0.1) is 5.41 Å². The van der Waals surface area contributed by atoms with Gasteiger partial charge in [0, 0.05) is 35.5 Å². The zero-order chi connectivity index (χ0) is 30.8. The number of hydrogen-bond donors (Lipinski definition) is 1. The lowest BCUT2D eigenvalue weighted by atomic mass is 9.63. The van der Waals surface area contributed by atoms with Crippen molar-refractivity contribution < 1.29 is 41.1 Å². The van der Waals surface area contributed by atoms with E-state index in [2.05, 4.69) is 16.2 Å². The van der Waals surface area contributed by atoms with Gasteiger partial charge in [0.15, 0.2) is 11.4 Å². The summed E-state index contributed by atoms with van der Waals surface area (Å²) in [6.07, 6.45) is 0.966. The van der Waals surface area contributed by atoms with Crippen molar-refractivity contribution in [2.75, 3.05) is 18.0 Å². The SMILES string of the molecule is O=C(O)c1nc2ccccc2c(OC(F)F)c1N1CCC2(C=C(c3c(-c4ccccc4C(F)(F)F)noc3C3CC3)C2)CC1. The molecule has 0 radical (unpaired) electrons. The molecule has 0 amide bonds. The number of hydrogen-bond acceptors (Lipinski definition) is 6. The number of rotatable bonds is 7. The van der Waals surface area contributed by atoms with E-state index < -0.39 is 24.3 Å². The number of aromatic carboxylic acids is 1. The van der Waals surface area contributed by atoms with Crippen LogP contribution in [0.4, 0.5) is 27.6 Å². The van der Waals surface area contributed by atoms with Crippen LogP contribution in [-0.4, -0.2) is 40.9 Å². The van der Waals surface area contributed by atoms with E-state index in [1.165, 1.54) is 18.2 Å². The Balaban J connectivity index is 1.21. The summed E-state index contributed by atoms with van der Waals surface area (Å²) in [6, 6.07) is 11.7. The first kappa shape index (κ1) is 28.3. The van der Waals surface area contributed by atoms with Gasteiger partial charge < -0.3 is 19.3 Å². The van der Waals surface area contributed by atoms with E-state index in [1.807, 2.05) is 0 Å². The third kappa shape index (κ3) is 4.86. The number of ether oxygens (including phenoxy) is 1. The summed E-state index contributed by atoms with van der Waals surface area (Å²) in [6.45, 7) is -2.49. The molecule has 2 aliphatic carbocycles. The number of anilines is 1. The van der Waals surface area contributed by atoms with Crippen molar-refractivity contribution in [3.8, 4) is 17.0 Å². The summed E-state index contributed by atoms with van der Waals surface area (Å²) in [5.74, 6) is -0.859. The number of allylic oxidation sites excluding steroid dienone is 2. The lowest BCUT2D eigenvalue weighted by molar-refractivity contribution is -0.137. The maximum Gasteiger partial charge on any atom is 0.417 e. The smallest absolute Gasteiger partial charge is 0.417 e. The van der Waals surface area contributed by atoms with Crippen LogP contribution in [-0.2, 0) is 6.18 Å². The number of alkyl halides is 5. The molecule has 228 valence electrons. The van der Waals surface area contributed by atoms with Crippen LogP contribution in [0.2, 0.25) is 0 Å². The molecule has 2 fully saturated rings. The fourth-order valence-electron chi connectivity index (χ4n) is 6.56. The van der Waals surface area contributed by atoms with Crippen LogP contribution in [0.15, 0.2) is 59.1 Å². The number of nitrogens with zero attached hydrogens (tertiary/aromatic N) is 3. The van der Waals surface area contributed by atoms with Crippen molar-refractivity contribution in [1.82, 2.24) is 10.1 Å². The lowest BCUT2D eigenvalue weighted by Crippen LogP contribution is -2.43. The number of pyridine rings is 1. The topological polar surface area (TPSA) is 88.7 Å². The number of aromatic nitrogens is 2. The molecule has 3 aliphatic rings. The Hall–Kier alpha value is -4.48. The maximum atomic E-state index is 13.9. The second-order valence-electron chi connectivity index (χ2n) is 11.6. The first-order valence-corrected chi connectivity index (χ1v) is 14.3. The van der Waals surface area contributed by atoms with E-state index in [0.29, 0.717) is 43.7 Å². The highest BCUT2D eigenvalue weighted by molar-refractivity contribution is 6.02. The Bertz CT molecular complexity index is 1800. The zero-order valence-corrected chi connectivity index (χ0v) is 23.2. The Morgan fingerprint density at radius 1 is 1.07 bits per heavy atom. The number of carboxylic acid groups (broad SMARTS) is 1. The minimum Gasteiger partial charge on any atom is -0.476 e. The van der Waals surface area contributed by atoms with Crippen molar-refractivity contribution in [3.05, 3.63) is 77.2 Å². The van der Waals surface area contributed by atoms with Crippen molar-refractivity contribution in [1.29, 1.82) is 0 Å². The minimum atomic E-state index is -4.56. The number of carboxylic acids is 1. The normalized spacial score (nSPS) is 18.0. The van der Waals surface area contributed by atoms with Crippen LogP contribution in [0.5, 0.6) is 5.75 Å². The van der Waals surface area contributed by atoms with Crippen molar-refractivity contribution in [2.24, 2.45) is 5.41 Å². The molecule has 1 spiro atoms. The molecule has 0 atom stereocenters. The summed E-state index contributed by atoms with van der Waals surface area (Å²) >= 11 is 0. The first-order valence-electron chi connectivity index (χ1n) is 14.3. The number of fused-ring (bicyclic) bond motifs is 1. The predicted octanol–water partition coefficient (Wildman–Crippen LogP) is 8.16. The molecule has 12 heteroatoms. The molecule has 0 unspecified atom stereocenters. The van der Waals surface area contributed by atoms with Gasteiger partial charge in [-0.1, -0.05) is 41.6 Å². The molecule has 2 aromatic heterocycles. The highest BCUT2D eigenvalue weighted by Gasteiger charge is 2.45. The molecule has 4 aromatic rings. The van der Waals surface area contributed by atoms with E-state index in [9.17, 15) is 31.9 Å². The standard InChI is InChI=1S/C32H26F5N3O4/c33-30(34)43-28-20-6-2-4-8-22(20)38-25(29(41)42)26(28)40-13-11-31(12-14-40)15-18(16-31)23-24(39-44-27(23)17-9-10-17)19-5-1-3-7-21(19)32(35,36)37/h1-8,15,17,30H,9-14,16H2,(H,41,42). The van der Waals surface area contributed by atoms with Crippen LogP contribution in [0.1, 0.15) is 65.4 Å². The van der Waals surface area contributed by atoms with Gasteiger partial charge in [-0.15, -0.1) is 0 Å². The first-order chi connectivity index (χ1) is 21.0. The van der Waals surface area contributed by atoms with Crippen LogP contribution < -0.4 is 9.64 Å². The van der Waals surface area contributed by atoms with E-state index in [1.54, 1.807) is 29.2 Å². The van der Waals surface area contributed by atoms with Gasteiger partial charge in [-0.3, -0.25) is 0 Å². The molecular weight excluding hydrogens is 585 g/mol. The Kier molecular flexibility index (Phi) is 6.63. The number of benzene rings is 2. The van der Waals surface area contributed by atoms with Gasteiger partial charge in [-0.05, 0) is 61.3 Å². The maximum absolute atomic E-state index is 13.9. The quantitative estimate of drug-likeness (QED) is 0.211. The average Bonchev–Trinajstić information content (AvgIpc) is 3.73. The Morgan fingerprint density at radius 2 is 1.75 bits per heavy atom. The van der Waals surface area contributed by atoms with Crippen LogP contribution >= 0.6 is 0 Å². The molecule has 0 bridgehead atoms. The molecule has 3 heterocycles. The molecule has 7 nitrogen and oxygen atoms in total. The van der Waals surface area contributed by atoms with Gasteiger partial charge >= 0.3 is 18.8 Å². The van der Waals surface area contributed by atoms with E-state index in [4.69, 9.17) is 9.26 Å². The van der Waals surface area contributed by atoms with E-state index in [-0.39, 0.29) is 50.6 Å². The van der Waals surface area contributed by atoms with Gasteiger partial charge in [0.1, 0.15) is 17.1 Å². The third-order valence-corrected chi connectivity index (χ3v) is 8.80. The minimum absolute atomic E-state index is 0.0102. The summed E-state index contributed by atoms with van der Waals surface area (Å²) in [4.78, 5) is 18.2. The summed E-state index contributed by atoms with van der Waals surface area (Å²) in [7, 11) is 0. The van der Waals surface area contributed by atoms with Gasteiger partial charge in [0.2, 0.25) is 0 Å². The second-order valence-corrected chi connectivity index (χ2v) is 11.6. The largest absolute Gasteiger partial charge is 0.476 e. The Labute approximate surface area is 247 Å². The van der Waals surface area contributed by atoms with Gasteiger partial charge in [-0.25, -0.2) is 9.78 Å². The van der Waals surface area contributed by atoms with Crippen molar-refractivity contribution >= 4 is 28.1 Å². The van der Waals surface area contributed by atoms with E-state index >= 15 is 0 Å². The molecule has 1 saturated heterocycles. The predicted molar refractivity (Wildman–Crippen MR) is 151 cm³/mol. The van der Waals surface area contributed by atoms with Gasteiger partial charge in [0.05, 0.1) is 11.1 Å². The molecular formula is C32H26F5N3O4. The lowest BCUT2D eigenvalue weighted by Gasteiger charge is -2.47. The molecule has 2 aromatic carbocycles. The fraction of sp³-hybridized carbons (Fsp3) is 0.344. The third-order valence-electron chi connectivity index (χ3n) is 8.80. The second kappa shape index (κ2) is 10.3. The summed E-state index contributed by atoms with van der Waals surface area (Å²) in [5.41, 5.74) is 0.447. The van der Waals surface area contributed by atoms with Crippen LogP contribution in [0.3, 0.4) is 0 Å². The van der Waals surface area contributed by atoms with Crippen LogP contribution in [0.25, 0.3) is 27.7 Å². The summed E-state index contributed by atoms with van der Waals surface area (Å²) in [5, 5.41) is 14.4. The van der Waals surface area contributed by atoms with Crippen molar-refractivity contribution in [3.63, 3.8) is 0 Å². The fourth-order valence-corrected chi connectivity index (χ4v) is 6.56. The number of para-hydroxylation sites is 1. The number of piperidine rings is 1. The number of halogens is 5. The zero-order valence-electron chi connectivity index (χ0n) is 23.2.